The van der Waals surface area contributed by atoms with Gasteiger partial charge < -0.3 is 19.5 Å². The number of thiophene rings is 1. The zero-order valence-electron chi connectivity index (χ0n) is 14.0. The van der Waals surface area contributed by atoms with E-state index in [1.807, 2.05) is 43.5 Å². The fourth-order valence-electron chi connectivity index (χ4n) is 2.47. The fraction of sp³-hybridized carbons (Fsp3) is 0.333. The molecule has 1 amide bonds. The molecule has 3 rings (SSSR count). The number of hydrogen-bond donors (Lipinski definition) is 1. The van der Waals surface area contributed by atoms with E-state index in [1.54, 1.807) is 0 Å². The number of esters is 1. The Bertz CT molecular complexity index is 786. The molecule has 1 aromatic carbocycles. The monoisotopic (exact) mass is 361 g/mol. The summed E-state index contributed by atoms with van der Waals surface area (Å²) in [6.07, 6.45) is 0. The Morgan fingerprint density at radius 2 is 2.00 bits per heavy atom. The van der Waals surface area contributed by atoms with Gasteiger partial charge in [0, 0.05) is 0 Å². The van der Waals surface area contributed by atoms with E-state index in [4.69, 9.17) is 14.2 Å². The van der Waals surface area contributed by atoms with E-state index in [2.05, 4.69) is 5.32 Å². The molecule has 0 spiro atoms. The average Bonchev–Trinajstić information content (AvgIpc) is 3.05. The van der Waals surface area contributed by atoms with Crippen molar-refractivity contribution in [2.24, 2.45) is 0 Å². The molecule has 0 aliphatic carbocycles. The molecule has 1 N–H and O–H groups in total. The number of carbonyl (C=O) groups excluding carboxylic acids is 2. The molecule has 6 nitrogen and oxygen atoms in total. The molecule has 132 valence electrons. The Morgan fingerprint density at radius 1 is 1.24 bits per heavy atom. The van der Waals surface area contributed by atoms with Crippen molar-refractivity contribution in [2.75, 3.05) is 19.8 Å². The molecular weight excluding hydrogens is 342 g/mol. The van der Waals surface area contributed by atoms with Crippen LogP contribution >= 0.6 is 11.3 Å². The lowest BCUT2D eigenvalue weighted by molar-refractivity contribution is -0.124. The smallest absolute Gasteiger partial charge is 0.349 e. The van der Waals surface area contributed by atoms with Gasteiger partial charge in [-0.3, -0.25) is 4.79 Å². The molecule has 2 heterocycles. The highest BCUT2D eigenvalue weighted by Crippen LogP contribution is 2.32. The molecule has 0 fully saturated rings. The van der Waals surface area contributed by atoms with Gasteiger partial charge in [-0.2, -0.15) is 0 Å². The van der Waals surface area contributed by atoms with E-state index in [0.717, 1.165) is 11.1 Å². The summed E-state index contributed by atoms with van der Waals surface area (Å²) in [5, 5.41) is 4.62. The fourth-order valence-corrected chi connectivity index (χ4v) is 3.29. The minimum atomic E-state index is -0.477. The molecule has 7 heteroatoms. The van der Waals surface area contributed by atoms with Crippen LogP contribution in [0.15, 0.2) is 29.6 Å². The number of benzene rings is 1. The number of aryl methyl sites for hydroxylation is 1. The van der Waals surface area contributed by atoms with Gasteiger partial charge in [0.2, 0.25) is 0 Å². The molecule has 1 aromatic heterocycles. The minimum Gasteiger partial charge on any atom is -0.486 e. The Labute approximate surface area is 149 Å². The molecule has 0 saturated carbocycles. The van der Waals surface area contributed by atoms with Gasteiger partial charge in [0.25, 0.3) is 5.91 Å². The van der Waals surface area contributed by atoms with E-state index in [9.17, 15) is 9.59 Å². The van der Waals surface area contributed by atoms with E-state index >= 15 is 0 Å². The van der Waals surface area contributed by atoms with Crippen molar-refractivity contribution < 1.29 is 23.8 Å². The number of carbonyl (C=O) groups is 2. The van der Waals surface area contributed by atoms with Gasteiger partial charge in [0.1, 0.15) is 18.1 Å². The van der Waals surface area contributed by atoms with Crippen LogP contribution in [0, 0.1) is 6.92 Å². The van der Waals surface area contributed by atoms with Crippen LogP contribution in [0.2, 0.25) is 0 Å². The van der Waals surface area contributed by atoms with Crippen LogP contribution in [0.3, 0.4) is 0 Å². The summed E-state index contributed by atoms with van der Waals surface area (Å²) >= 11 is 1.30. The summed E-state index contributed by atoms with van der Waals surface area (Å²) in [6.45, 7) is 4.42. The maximum atomic E-state index is 12.0. The molecule has 25 heavy (non-hydrogen) atoms. The van der Waals surface area contributed by atoms with Crippen LogP contribution in [0.1, 0.15) is 33.8 Å². The summed E-state index contributed by atoms with van der Waals surface area (Å²) < 4.78 is 16.1. The predicted molar refractivity (Wildman–Crippen MR) is 93.3 cm³/mol. The van der Waals surface area contributed by atoms with E-state index in [1.165, 1.54) is 11.3 Å². The molecule has 0 saturated heterocycles. The lowest BCUT2D eigenvalue weighted by Crippen LogP contribution is -2.31. The third-order valence-corrected chi connectivity index (χ3v) is 4.82. The first kappa shape index (κ1) is 17.3. The van der Waals surface area contributed by atoms with Gasteiger partial charge in [0.15, 0.2) is 18.1 Å². The Kier molecular flexibility index (Phi) is 5.23. The van der Waals surface area contributed by atoms with Crippen molar-refractivity contribution >= 4 is 23.2 Å². The van der Waals surface area contributed by atoms with Gasteiger partial charge in [-0.25, -0.2) is 4.79 Å². The number of rotatable bonds is 5. The van der Waals surface area contributed by atoms with Crippen LogP contribution in [0.5, 0.6) is 11.5 Å². The Balaban J connectivity index is 1.54. The molecule has 2 aromatic rings. The van der Waals surface area contributed by atoms with Crippen molar-refractivity contribution in [3.63, 3.8) is 0 Å². The molecule has 1 atom stereocenters. The zero-order valence-corrected chi connectivity index (χ0v) is 14.9. The first-order valence-electron chi connectivity index (χ1n) is 7.94. The van der Waals surface area contributed by atoms with E-state index in [0.29, 0.717) is 29.6 Å². The van der Waals surface area contributed by atoms with Gasteiger partial charge in [-0.1, -0.05) is 6.07 Å². The number of ether oxygens (including phenoxy) is 3. The molecule has 1 unspecified atom stereocenters. The van der Waals surface area contributed by atoms with Crippen molar-refractivity contribution in [3.8, 4) is 11.5 Å². The van der Waals surface area contributed by atoms with Gasteiger partial charge in [-0.15, -0.1) is 11.3 Å². The lowest BCUT2D eigenvalue weighted by atomic mass is 10.1. The van der Waals surface area contributed by atoms with Crippen LogP contribution in [0.4, 0.5) is 0 Å². The highest BCUT2D eigenvalue weighted by Gasteiger charge is 2.17. The summed E-state index contributed by atoms with van der Waals surface area (Å²) in [7, 11) is 0. The van der Waals surface area contributed by atoms with Gasteiger partial charge in [0.05, 0.1) is 6.04 Å². The molecular formula is C18H19NO5S. The number of fused-ring (bicyclic) bond motifs is 1. The van der Waals surface area contributed by atoms with Crippen LogP contribution < -0.4 is 14.8 Å². The summed E-state index contributed by atoms with van der Waals surface area (Å²) in [5.74, 6) is 0.540. The third kappa shape index (κ3) is 4.11. The van der Waals surface area contributed by atoms with Crippen LogP contribution in [-0.4, -0.2) is 31.7 Å². The van der Waals surface area contributed by atoms with Crippen LogP contribution in [0.25, 0.3) is 0 Å². The molecule has 1 aliphatic heterocycles. The second-order valence-corrected chi connectivity index (χ2v) is 6.62. The first-order valence-corrected chi connectivity index (χ1v) is 8.82. The Hall–Kier alpha value is -2.54. The summed E-state index contributed by atoms with van der Waals surface area (Å²) in [5.41, 5.74) is 1.73. The van der Waals surface area contributed by atoms with Gasteiger partial charge in [-0.05, 0) is 48.6 Å². The second-order valence-electron chi connectivity index (χ2n) is 5.70. The third-order valence-electron chi connectivity index (χ3n) is 3.83. The van der Waals surface area contributed by atoms with Crippen molar-refractivity contribution in [1.29, 1.82) is 0 Å². The standard InChI is InChI=1S/C18H19NO5S/c1-11-5-8-25-17(11)18(21)24-10-16(20)19-12(2)13-3-4-14-15(9-13)23-7-6-22-14/h3-5,8-9,12H,6-7,10H2,1-2H3,(H,19,20). The quantitative estimate of drug-likeness (QED) is 0.829. The van der Waals surface area contributed by atoms with E-state index in [-0.39, 0.29) is 18.6 Å². The normalized spacial score (nSPS) is 13.8. The predicted octanol–water partition coefficient (Wildman–Crippen LogP) is 2.86. The maximum Gasteiger partial charge on any atom is 0.349 e. The zero-order chi connectivity index (χ0) is 17.8. The maximum absolute atomic E-state index is 12.0. The first-order chi connectivity index (χ1) is 12.0. The highest BCUT2D eigenvalue weighted by atomic mass is 32.1. The number of hydrogen-bond acceptors (Lipinski definition) is 6. The van der Waals surface area contributed by atoms with Crippen molar-refractivity contribution in [2.45, 2.75) is 19.9 Å². The van der Waals surface area contributed by atoms with Crippen molar-refractivity contribution in [1.82, 2.24) is 5.32 Å². The second kappa shape index (κ2) is 7.57. The minimum absolute atomic E-state index is 0.245. The van der Waals surface area contributed by atoms with E-state index < -0.39 is 5.97 Å². The molecule has 0 radical (unpaired) electrons. The SMILES string of the molecule is Cc1ccsc1C(=O)OCC(=O)NC(C)c1ccc2c(c1)OCCO2. The largest absolute Gasteiger partial charge is 0.486 e. The topological polar surface area (TPSA) is 73.9 Å². The lowest BCUT2D eigenvalue weighted by Gasteiger charge is -2.21. The number of amides is 1. The average molecular weight is 361 g/mol. The Morgan fingerprint density at radius 3 is 2.72 bits per heavy atom. The summed E-state index contributed by atoms with van der Waals surface area (Å²) in [6, 6.07) is 7.14. The molecule has 0 bridgehead atoms. The molecule has 1 aliphatic rings. The summed E-state index contributed by atoms with van der Waals surface area (Å²) in [4.78, 5) is 24.5. The van der Waals surface area contributed by atoms with Crippen molar-refractivity contribution in [3.05, 3.63) is 45.6 Å². The van der Waals surface area contributed by atoms with Crippen LogP contribution in [-0.2, 0) is 9.53 Å². The highest BCUT2D eigenvalue weighted by molar-refractivity contribution is 7.12. The van der Waals surface area contributed by atoms with Gasteiger partial charge >= 0.3 is 5.97 Å². The number of nitrogens with one attached hydrogen (secondary N) is 1.